The zero-order chi connectivity index (χ0) is 19.5. The maximum Gasteiger partial charge on any atom is 0.140 e. The number of aromatic nitrogens is 2. The number of nitrogens with one attached hydrogen (secondary N) is 1. The fraction of sp³-hybridized carbons (Fsp3) is 0.435. The van der Waals surface area contributed by atoms with Gasteiger partial charge < -0.3 is 19.4 Å². The lowest BCUT2D eigenvalue weighted by Gasteiger charge is -2.32. The summed E-state index contributed by atoms with van der Waals surface area (Å²) in [6.07, 6.45) is 6.86. The summed E-state index contributed by atoms with van der Waals surface area (Å²) >= 11 is 0. The Morgan fingerprint density at radius 1 is 1.18 bits per heavy atom. The van der Waals surface area contributed by atoms with Crippen molar-refractivity contribution in [3.8, 4) is 17.0 Å². The van der Waals surface area contributed by atoms with Crippen LogP contribution in [0.5, 0.6) is 5.75 Å². The Balaban J connectivity index is 1.59. The number of methoxy groups -OCH3 is 1. The van der Waals surface area contributed by atoms with Crippen molar-refractivity contribution < 1.29 is 4.74 Å². The molecule has 0 spiro atoms. The number of imidazole rings is 1. The third-order valence-corrected chi connectivity index (χ3v) is 5.88. The lowest BCUT2D eigenvalue weighted by atomic mass is 9.90. The maximum absolute atomic E-state index is 5.52. The molecule has 1 aliphatic rings. The average molecular weight is 379 g/mol. The highest BCUT2D eigenvalue weighted by Gasteiger charge is 2.21. The molecular formula is C23H30N4O. The summed E-state index contributed by atoms with van der Waals surface area (Å²) < 4.78 is 7.72. The third kappa shape index (κ3) is 3.77. The molecule has 148 valence electrons. The van der Waals surface area contributed by atoms with Gasteiger partial charge in [-0.1, -0.05) is 18.2 Å². The molecule has 1 saturated heterocycles. The Morgan fingerprint density at radius 3 is 2.71 bits per heavy atom. The lowest BCUT2D eigenvalue weighted by Crippen LogP contribution is -2.37. The van der Waals surface area contributed by atoms with E-state index in [1.807, 2.05) is 25.2 Å². The van der Waals surface area contributed by atoms with Gasteiger partial charge in [-0.05, 0) is 69.1 Å². The standard InChI is InChI=1S/C23H30N4O/c1-17-14-19(18-8-11-26(12-9-18)13-10-24-2)15-27-16-21(25-23(17)27)20-6-4-5-7-22(20)28-3/h4-7,14-16,18,24H,8-13H2,1-3H3. The first-order chi connectivity index (χ1) is 13.7. The Kier molecular flexibility index (Phi) is 5.64. The van der Waals surface area contributed by atoms with E-state index in [0.717, 1.165) is 35.7 Å². The van der Waals surface area contributed by atoms with Gasteiger partial charge in [0.1, 0.15) is 11.4 Å². The number of likely N-dealkylation sites (tertiary alicyclic amines) is 1. The van der Waals surface area contributed by atoms with E-state index in [9.17, 15) is 0 Å². The van der Waals surface area contributed by atoms with Crippen LogP contribution in [0.25, 0.3) is 16.9 Å². The molecule has 4 rings (SSSR count). The van der Waals surface area contributed by atoms with Crippen LogP contribution in [0, 0.1) is 6.92 Å². The van der Waals surface area contributed by atoms with Gasteiger partial charge in [0.15, 0.2) is 0 Å². The number of fused-ring (bicyclic) bond motifs is 1. The van der Waals surface area contributed by atoms with E-state index in [1.165, 1.54) is 37.1 Å². The molecule has 0 amide bonds. The van der Waals surface area contributed by atoms with Crippen LogP contribution in [0.4, 0.5) is 0 Å². The predicted octanol–water partition coefficient (Wildman–Crippen LogP) is 3.72. The maximum atomic E-state index is 5.52. The number of pyridine rings is 1. The Morgan fingerprint density at radius 2 is 1.96 bits per heavy atom. The molecular weight excluding hydrogens is 348 g/mol. The van der Waals surface area contributed by atoms with Crippen molar-refractivity contribution in [3.05, 3.63) is 53.9 Å². The largest absolute Gasteiger partial charge is 0.496 e. The summed E-state index contributed by atoms with van der Waals surface area (Å²) in [7, 11) is 3.73. The van der Waals surface area contributed by atoms with Gasteiger partial charge in [0, 0.05) is 31.0 Å². The Hall–Kier alpha value is -2.37. The van der Waals surface area contributed by atoms with Crippen LogP contribution in [0.3, 0.4) is 0 Å². The molecule has 0 unspecified atom stereocenters. The highest BCUT2D eigenvalue weighted by Crippen LogP contribution is 2.32. The molecule has 1 N–H and O–H groups in total. The van der Waals surface area contributed by atoms with E-state index in [1.54, 1.807) is 7.11 Å². The van der Waals surface area contributed by atoms with Gasteiger partial charge in [0.2, 0.25) is 0 Å². The van der Waals surface area contributed by atoms with Crippen molar-refractivity contribution in [1.29, 1.82) is 0 Å². The van der Waals surface area contributed by atoms with Gasteiger partial charge in [-0.3, -0.25) is 0 Å². The monoisotopic (exact) mass is 378 g/mol. The van der Waals surface area contributed by atoms with Crippen LogP contribution in [-0.2, 0) is 0 Å². The van der Waals surface area contributed by atoms with Crippen LogP contribution in [0.15, 0.2) is 42.7 Å². The zero-order valence-corrected chi connectivity index (χ0v) is 17.1. The zero-order valence-electron chi connectivity index (χ0n) is 17.1. The summed E-state index contributed by atoms with van der Waals surface area (Å²) in [6.45, 7) is 6.74. The van der Waals surface area contributed by atoms with Crippen molar-refractivity contribution >= 4 is 5.65 Å². The number of likely N-dealkylation sites (N-methyl/N-ethyl adjacent to an activating group) is 1. The van der Waals surface area contributed by atoms with Crippen molar-refractivity contribution in [2.24, 2.45) is 0 Å². The van der Waals surface area contributed by atoms with Crippen LogP contribution >= 0.6 is 0 Å². The molecule has 5 nitrogen and oxygen atoms in total. The van der Waals surface area contributed by atoms with E-state index in [2.05, 4.69) is 46.1 Å². The van der Waals surface area contributed by atoms with E-state index in [-0.39, 0.29) is 0 Å². The summed E-state index contributed by atoms with van der Waals surface area (Å²) in [4.78, 5) is 7.46. The van der Waals surface area contributed by atoms with Crippen molar-refractivity contribution in [2.45, 2.75) is 25.7 Å². The van der Waals surface area contributed by atoms with Crippen molar-refractivity contribution in [3.63, 3.8) is 0 Å². The highest BCUT2D eigenvalue weighted by molar-refractivity contribution is 5.70. The molecule has 1 aliphatic heterocycles. The molecule has 0 aliphatic carbocycles. The summed E-state index contributed by atoms with van der Waals surface area (Å²) in [6, 6.07) is 10.4. The third-order valence-electron chi connectivity index (χ3n) is 5.88. The second-order valence-electron chi connectivity index (χ2n) is 7.73. The van der Waals surface area contributed by atoms with Gasteiger partial charge in [0.25, 0.3) is 0 Å². The smallest absolute Gasteiger partial charge is 0.140 e. The molecule has 1 aromatic carbocycles. The van der Waals surface area contributed by atoms with Crippen LogP contribution in [0.2, 0.25) is 0 Å². The number of ether oxygens (including phenoxy) is 1. The van der Waals surface area contributed by atoms with E-state index in [4.69, 9.17) is 9.72 Å². The first kappa shape index (κ1) is 19.0. The van der Waals surface area contributed by atoms with Crippen LogP contribution in [0.1, 0.15) is 29.9 Å². The fourth-order valence-corrected chi connectivity index (χ4v) is 4.27. The summed E-state index contributed by atoms with van der Waals surface area (Å²) in [5.41, 5.74) is 5.68. The minimum atomic E-state index is 0.631. The summed E-state index contributed by atoms with van der Waals surface area (Å²) in [5, 5.41) is 3.25. The van der Waals surface area contributed by atoms with Crippen molar-refractivity contribution in [1.82, 2.24) is 19.6 Å². The second-order valence-corrected chi connectivity index (χ2v) is 7.73. The minimum Gasteiger partial charge on any atom is -0.496 e. The normalized spacial score (nSPS) is 16.0. The van der Waals surface area contributed by atoms with E-state index in [0.29, 0.717) is 5.92 Å². The van der Waals surface area contributed by atoms with E-state index < -0.39 is 0 Å². The molecule has 0 atom stereocenters. The SMILES string of the molecule is CNCCN1CCC(c2cc(C)c3nc(-c4ccccc4OC)cn3c2)CC1. The number of piperidine rings is 1. The van der Waals surface area contributed by atoms with Crippen LogP contribution < -0.4 is 10.1 Å². The number of hydrogen-bond acceptors (Lipinski definition) is 4. The second kappa shape index (κ2) is 8.33. The lowest BCUT2D eigenvalue weighted by molar-refractivity contribution is 0.214. The van der Waals surface area contributed by atoms with E-state index >= 15 is 0 Å². The van der Waals surface area contributed by atoms with Gasteiger partial charge in [-0.25, -0.2) is 4.98 Å². The fourth-order valence-electron chi connectivity index (χ4n) is 4.27. The summed E-state index contributed by atoms with van der Waals surface area (Å²) in [5.74, 6) is 1.49. The number of hydrogen-bond donors (Lipinski definition) is 1. The predicted molar refractivity (Wildman–Crippen MR) is 114 cm³/mol. The molecule has 3 heterocycles. The molecule has 2 aromatic heterocycles. The molecule has 1 fully saturated rings. The minimum absolute atomic E-state index is 0.631. The molecule has 0 bridgehead atoms. The quantitative estimate of drug-likeness (QED) is 0.710. The molecule has 3 aromatic rings. The molecule has 0 saturated carbocycles. The Labute approximate surface area is 167 Å². The topological polar surface area (TPSA) is 41.8 Å². The number of nitrogens with zero attached hydrogens (tertiary/aromatic N) is 3. The molecule has 5 heteroatoms. The van der Waals surface area contributed by atoms with Crippen molar-refractivity contribution in [2.75, 3.05) is 40.3 Å². The number of para-hydroxylation sites is 1. The first-order valence-corrected chi connectivity index (χ1v) is 10.2. The van der Waals surface area contributed by atoms with Crippen LogP contribution in [-0.4, -0.2) is 54.6 Å². The average Bonchev–Trinajstić information content (AvgIpc) is 3.17. The van der Waals surface area contributed by atoms with Gasteiger partial charge >= 0.3 is 0 Å². The number of rotatable bonds is 6. The van der Waals surface area contributed by atoms with Gasteiger partial charge in [-0.15, -0.1) is 0 Å². The van der Waals surface area contributed by atoms with Gasteiger partial charge in [-0.2, -0.15) is 0 Å². The molecule has 0 radical (unpaired) electrons. The molecule has 28 heavy (non-hydrogen) atoms. The highest BCUT2D eigenvalue weighted by atomic mass is 16.5. The first-order valence-electron chi connectivity index (χ1n) is 10.2. The number of benzene rings is 1. The Bertz CT molecular complexity index is 941. The number of aryl methyl sites for hydroxylation is 1. The van der Waals surface area contributed by atoms with Gasteiger partial charge in [0.05, 0.1) is 12.8 Å².